The standard InChI is InChI=1S/C20H31N3O2/c1-23(16-8-3-2-4-9-16)14-15-7-5-6-10-18(15)22-20(24)19-12-11-17(13-21)25-19/h5-7,10,16-17,19H,2-4,8-9,11-14,21H2,1H3,(H,22,24)/t17-,19+/m1/s1. The molecule has 1 heterocycles. The van der Waals surface area contributed by atoms with Gasteiger partial charge in [0.25, 0.3) is 5.91 Å². The Morgan fingerprint density at radius 2 is 1.96 bits per heavy atom. The van der Waals surface area contributed by atoms with Crippen LogP contribution in [-0.2, 0) is 16.1 Å². The molecule has 2 atom stereocenters. The van der Waals surface area contributed by atoms with Crippen molar-refractivity contribution in [3.8, 4) is 0 Å². The van der Waals surface area contributed by atoms with Crippen LogP contribution >= 0.6 is 0 Å². The SMILES string of the molecule is CN(Cc1ccccc1NC(=O)[C@@H]1CC[C@H](CN)O1)C1CCCCC1. The van der Waals surface area contributed by atoms with Crippen LogP contribution < -0.4 is 11.1 Å². The topological polar surface area (TPSA) is 67.6 Å². The van der Waals surface area contributed by atoms with Gasteiger partial charge in [-0.05, 0) is 44.4 Å². The number of nitrogens with zero attached hydrogens (tertiary/aromatic N) is 1. The molecule has 3 N–H and O–H groups in total. The largest absolute Gasteiger partial charge is 0.364 e. The van der Waals surface area contributed by atoms with Gasteiger partial charge in [-0.25, -0.2) is 0 Å². The highest BCUT2D eigenvalue weighted by Crippen LogP contribution is 2.26. The predicted molar refractivity (Wildman–Crippen MR) is 100 cm³/mol. The number of nitrogens with two attached hydrogens (primary N) is 1. The third-order valence-corrected chi connectivity index (χ3v) is 5.56. The second kappa shape index (κ2) is 8.79. The van der Waals surface area contributed by atoms with Crippen LogP contribution in [0.5, 0.6) is 0 Å². The van der Waals surface area contributed by atoms with E-state index in [-0.39, 0.29) is 18.1 Å². The Balaban J connectivity index is 1.61. The van der Waals surface area contributed by atoms with E-state index in [2.05, 4.69) is 23.3 Å². The van der Waals surface area contributed by atoms with Gasteiger partial charge >= 0.3 is 0 Å². The summed E-state index contributed by atoms with van der Waals surface area (Å²) in [6, 6.07) is 8.75. The van der Waals surface area contributed by atoms with E-state index in [0.29, 0.717) is 12.6 Å². The Labute approximate surface area is 150 Å². The second-order valence-electron chi connectivity index (χ2n) is 7.41. The van der Waals surface area contributed by atoms with E-state index in [4.69, 9.17) is 10.5 Å². The van der Waals surface area contributed by atoms with Crippen LogP contribution in [0, 0.1) is 0 Å². The first-order chi connectivity index (χ1) is 12.2. The summed E-state index contributed by atoms with van der Waals surface area (Å²) < 4.78 is 5.71. The molecule has 0 radical (unpaired) electrons. The lowest BCUT2D eigenvalue weighted by Gasteiger charge is -2.31. The van der Waals surface area contributed by atoms with Crippen molar-refractivity contribution in [1.82, 2.24) is 4.90 Å². The van der Waals surface area contributed by atoms with Crippen LogP contribution in [0.25, 0.3) is 0 Å². The molecule has 25 heavy (non-hydrogen) atoms. The highest BCUT2D eigenvalue weighted by molar-refractivity contribution is 5.95. The number of para-hydroxylation sites is 1. The van der Waals surface area contributed by atoms with Gasteiger partial charge in [0, 0.05) is 24.8 Å². The number of amides is 1. The molecule has 1 aliphatic heterocycles. The molecule has 1 aliphatic carbocycles. The van der Waals surface area contributed by atoms with Crippen molar-refractivity contribution < 1.29 is 9.53 Å². The van der Waals surface area contributed by atoms with Crippen LogP contribution in [0.15, 0.2) is 24.3 Å². The molecule has 0 spiro atoms. The average molecular weight is 345 g/mol. The molecule has 0 bridgehead atoms. The minimum Gasteiger partial charge on any atom is -0.364 e. The first-order valence-electron chi connectivity index (χ1n) is 9.62. The van der Waals surface area contributed by atoms with Crippen LogP contribution in [0.1, 0.15) is 50.5 Å². The molecule has 2 fully saturated rings. The molecule has 3 rings (SSSR count). The highest BCUT2D eigenvalue weighted by atomic mass is 16.5. The smallest absolute Gasteiger partial charge is 0.253 e. The maximum Gasteiger partial charge on any atom is 0.253 e. The molecule has 0 aromatic heterocycles. The summed E-state index contributed by atoms with van der Waals surface area (Å²) in [4.78, 5) is 15.0. The predicted octanol–water partition coefficient (Wildman–Crippen LogP) is 2.90. The van der Waals surface area contributed by atoms with Crippen molar-refractivity contribution in [3.05, 3.63) is 29.8 Å². The van der Waals surface area contributed by atoms with Gasteiger partial charge in [-0.2, -0.15) is 0 Å². The highest BCUT2D eigenvalue weighted by Gasteiger charge is 2.30. The summed E-state index contributed by atoms with van der Waals surface area (Å²) in [5, 5.41) is 3.07. The van der Waals surface area contributed by atoms with Crippen molar-refractivity contribution in [2.75, 3.05) is 18.9 Å². The second-order valence-corrected chi connectivity index (χ2v) is 7.41. The molecule has 1 aromatic carbocycles. The lowest BCUT2D eigenvalue weighted by atomic mass is 9.94. The molecule has 1 saturated heterocycles. The number of anilines is 1. The van der Waals surface area contributed by atoms with Gasteiger partial charge in [-0.1, -0.05) is 37.5 Å². The quantitative estimate of drug-likeness (QED) is 0.832. The Hall–Kier alpha value is -1.43. The Kier molecular flexibility index (Phi) is 6.45. The van der Waals surface area contributed by atoms with Crippen LogP contribution in [-0.4, -0.2) is 42.6 Å². The van der Waals surface area contributed by atoms with E-state index >= 15 is 0 Å². The van der Waals surface area contributed by atoms with Crippen LogP contribution in [0.3, 0.4) is 0 Å². The first-order valence-corrected chi connectivity index (χ1v) is 9.62. The molecule has 2 aliphatic rings. The van der Waals surface area contributed by atoms with Gasteiger partial charge in [0.15, 0.2) is 0 Å². The summed E-state index contributed by atoms with van der Waals surface area (Å²) in [7, 11) is 2.19. The van der Waals surface area contributed by atoms with E-state index in [0.717, 1.165) is 30.6 Å². The monoisotopic (exact) mass is 345 g/mol. The minimum absolute atomic E-state index is 0.0171. The summed E-state index contributed by atoms with van der Waals surface area (Å²) in [5.41, 5.74) is 7.70. The number of carbonyl (C=O) groups excluding carboxylic acids is 1. The summed E-state index contributed by atoms with van der Waals surface area (Å²) in [5.74, 6) is -0.0521. The summed E-state index contributed by atoms with van der Waals surface area (Å²) >= 11 is 0. The van der Waals surface area contributed by atoms with E-state index in [1.54, 1.807) is 0 Å². The van der Waals surface area contributed by atoms with Crippen LogP contribution in [0.2, 0.25) is 0 Å². The normalized spacial score (nSPS) is 24.6. The van der Waals surface area contributed by atoms with Gasteiger partial charge in [0.05, 0.1) is 6.10 Å². The summed E-state index contributed by atoms with van der Waals surface area (Å²) in [6.45, 7) is 1.34. The first kappa shape index (κ1) is 18.4. The lowest BCUT2D eigenvalue weighted by molar-refractivity contribution is -0.126. The number of benzene rings is 1. The third kappa shape index (κ3) is 4.81. The molecule has 1 saturated carbocycles. The number of rotatable bonds is 6. The molecule has 5 nitrogen and oxygen atoms in total. The maximum absolute atomic E-state index is 12.5. The maximum atomic E-state index is 12.5. The Bertz CT molecular complexity index is 572. The molecule has 0 unspecified atom stereocenters. The van der Waals surface area contributed by atoms with Crippen molar-refractivity contribution in [2.45, 2.75) is 69.7 Å². The van der Waals surface area contributed by atoms with Crippen molar-refractivity contribution >= 4 is 11.6 Å². The van der Waals surface area contributed by atoms with Crippen molar-refractivity contribution in [2.24, 2.45) is 5.73 Å². The van der Waals surface area contributed by atoms with Crippen molar-refractivity contribution in [3.63, 3.8) is 0 Å². The molecule has 138 valence electrons. The zero-order chi connectivity index (χ0) is 17.6. The van der Waals surface area contributed by atoms with E-state index < -0.39 is 0 Å². The minimum atomic E-state index is -0.377. The van der Waals surface area contributed by atoms with Gasteiger partial charge in [0.2, 0.25) is 0 Å². The molecular weight excluding hydrogens is 314 g/mol. The fourth-order valence-electron chi connectivity index (χ4n) is 3.98. The summed E-state index contributed by atoms with van der Waals surface area (Å²) in [6.07, 6.45) is 7.83. The zero-order valence-electron chi connectivity index (χ0n) is 15.2. The van der Waals surface area contributed by atoms with Gasteiger partial charge < -0.3 is 15.8 Å². The molecule has 1 aromatic rings. The number of ether oxygens (including phenoxy) is 1. The van der Waals surface area contributed by atoms with Crippen molar-refractivity contribution in [1.29, 1.82) is 0 Å². The number of hydrogen-bond acceptors (Lipinski definition) is 4. The van der Waals surface area contributed by atoms with E-state index in [1.807, 2.05) is 18.2 Å². The van der Waals surface area contributed by atoms with Gasteiger partial charge in [0.1, 0.15) is 6.10 Å². The number of carbonyl (C=O) groups is 1. The Morgan fingerprint density at radius 1 is 1.20 bits per heavy atom. The van der Waals surface area contributed by atoms with Gasteiger partial charge in [-0.15, -0.1) is 0 Å². The van der Waals surface area contributed by atoms with E-state index in [1.165, 1.54) is 32.1 Å². The lowest BCUT2D eigenvalue weighted by Crippen LogP contribution is -2.33. The number of nitrogens with one attached hydrogen (secondary N) is 1. The van der Waals surface area contributed by atoms with Crippen LogP contribution in [0.4, 0.5) is 5.69 Å². The van der Waals surface area contributed by atoms with Gasteiger partial charge in [-0.3, -0.25) is 9.69 Å². The molecule has 5 heteroatoms. The molecular formula is C20H31N3O2. The Morgan fingerprint density at radius 3 is 2.68 bits per heavy atom. The fourth-order valence-corrected chi connectivity index (χ4v) is 3.98. The third-order valence-electron chi connectivity index (χ3n) is 5.56. The number of hydrogen-bond donors (Lipinski definition) is 2. The average Bonchev–Trinajstić information content (AvgIpc) is 3.13. The molecule has 1 amide bonds. The fraction of sp³-hybridized carbons (Fsp3) is 0.650. The van der Waals surface area contributed by atoms with E-state index in [9.17, 15) is 4.79 Å². The zero-order valence-corrected chi connectivity index (χ0v) is 15.2.